The number of carbonyl (C=O) groups is 1. The molecule has 3 nitrogen and oxygen atoms in total. The van der Waals surface area contributed by atoms with Crippen LogP contribution in [0.3, 0.4) is 0 Å². The molecule has 0 aromatic heterocycles. The van der Waals surface area contributed by atoms with Crippen molar-refractivity contribution in [3.05, 3.63) is 95.7 Å². The standard InChI is InChI=1S/C22H25NO2/c1-4-11-21(22(24)25-16-19-12-7-5-8-13-19)18(3)23-17(2)20-14-9-6-10-15-20/h4-10,12-15,17,23H,1,11,16H2,2-3H3/t17-/m0/s1. The van der Waals surface area contributed by atoms with E-state index in [1.54, 1.807) is 6.08 Å². The van der Waals surface area contributed by atoms with Crippen LogP contribution in [0, 0.1) is 0 Å². The van der Waals surface area contributed by atoms with Gasteiger partial charge in [-0.25, -0.2) is 4.79 Å². The maximum Gasteiger partial charge on any atom is 0.336 e. The van der Waals surface area contributed by atoms with E-state index in [4.69, 9.17) is 4.74 Å². The molecule has 1 atom stereocenters. The van der Waals surface area contributed by atoms with E-state index < -0.39 is 0 Å². The quantitative estimate of drug-likeness (QED) is 0.422. The van der Waals surface area contributed by atoms with Crippen molar-refractivity contribution >= 4 is 5.97 Å². The van der Waals surface area contributed by atoms with Crippen LogP contribution >= 0.6 is 0 Å². The van der Waals surface area contributed by atoms with E-state index >= 15 is 0 Å². The molecule has 2 aromatic carbocycles. The molecule has 0 unspecified atom stereocenters. The van der Waals surface area contributed by atoms with Gasteiger partial charge in [0, 0.05) is 11.7 Å². The smallest absolute Gasteiger partial charge is 0.336 e. The fourth-order valence-electron chi connectivity index (χ4n) is 2.58. The summed E-state index contributed by atoms with van der Waals surface area (Å²) in [5.74, 6) is -0.311. The summed E-state index contributed by atoms with van der Waals surface area (Å²) in [6.45, 7) is 7.99. The Hall–Kier alpha value is -2.81. The van der Waals surface area contributed by atoms with E-state index in [0.29, 0.717) is 12.0 Å². The van der Waals surface area contributed by atoms with Crippen LogP contribution in [-0.2, 0) is 16.1 Å². The Bertz CT molecular complexity index is 720. The Morgan fingerprint density at radius 1 is 1.12 bits per heavy atom. The second-order valence-corrected chi connectivity index (χ2v) is 5.93. The molecule has 0 aliphatic carbocycles. The predicted molar refractivity (Wildman–Crippen MR) is 102 cm³/mol. The van der Waals surface area contributed by atoms with Crippen LogP contribution < -0.4 is 5.32 Å². The summed E-state index contributed by atoms with van der Waals surface area (Å²) in [5, 5.41) is 3.39. The lowest BCUT2D eigenvalue weighted by molar-refractivity contribution is -0.140. The lowest BCUT2D eigenvalue weighted by Crippen LogP contribution is -2.21. The molecule has 0 bridgehead atoms. The molecule has 2 rings (SSSR count). The second-order valence-electron chi connectivity index (χ2n) is 5.93. The van der Waals surface area contributed by atoms with Crippen molar-refractivity contribution in [2.75, 3.05) is 0 Å². The van der Waals surface area contributed by atoms with Crippen LogP contribution in [-0.4, -0.2) is 5.97 Å². The van der Waals surface area contributed by atoms with Gasteiger partial charge in [-0.2, -0.15) is 0 Å². The van der Waals surface area contributed by atoms with Gasteiger partial charge in [-0.1, -0.05) is 66.7 Å². The first-order chi connectivity index (χ1) is 12.1. The number of hydrogen-bond donors (Lipinski definition) is 1. The molecule has 2 aromatic rings. The minimum Gasteiger partial charge on any atom is -0.457 e. The van der Waals surface area contributed by atoms with Crippen molar-refractivity contribution < 1.29 is 9.53 Å². The van der Waals surface area contributed by atoms with Gasteiger partial charge in [-0.05, 0) is 31.4 Å². The highest BCUT2D eigenvalue weighted by Gasteiger charge is 2.15. The highest BCUT2D eigenvalue weighted by atomic mass is 16.5. The molecule has 0 aliphatic heterocycles. The van der Waals surface area contributed by atoms with Crippen molar-refractivity contribution in [3.63, 3.8) is 0 Å². The molecule has 0 saturated heterocycles. The summed E-state index contributed by atoms with van der Waals surface area (Å²) < 4.78 is 5.47. The molecule has 0 radical (unpaired) electrons. The van der Waals surface area contributed by atoms with Crippen LogP contribution in [0.25, 0.3) is 0 Å². The van der Waals surface area contributed by atoms with E-state index in [1.165, 1.54) is 0 Å². The summed E-state index contributed by atoms with van der Waals surface area (Å²) in [4.78, 5) is 12.5. The lowest BCUT2D eigenvalue weighted by Gasteiger charge is -2.19. The van der Waals surface area contributed by atoms with Gasteiger partial charge in [0.05, 0.1) is 5.57 Å². The van der Waals surface area contributed by atoms with Crippen molar-refractivity contribution in [1.82, 2.24) is 5.32 Å². The average molecular weight is 335 g/mol. The van der Waals surface area contributed by atoms with Gasteiger partial charge in [0.15, 0.2) is 0 Å². The van der Waals surface area contributed by atoms with Gasteiger partial charge in [0.2, 0.25) is 0 Å². The van der Waals surface area contributed by atoms with Gasteiger partial charge in [-0.15, -0.1) is 6.58 Å². The number of esters is 1. The summed E-state index contributed by atoms with van der Waals surface area (Å²) in [5.41, 5.74) is 3.55. The predicted octanol–water partition coefficient (Wildman–Crippen LogP) is 4.93. The van der Waals surface area contributed by atoms with E-state index in [-0.39, 0.29) is 18.6 Å². The van der Waals surface area contributed by atoms with E-state index in [1.807, 2.05) is 55.5 Å². The monoisotopic (exact) mass is 335 g/mol. The van der Waals surface area contributed by atoms with Gasteiger partial charge in [0.1, 0.15) is 6.61 Å². The number of allylic oxidation sites excluding steroid dienone is 2. The molecular formula is C22H25NO2. The highest BCUT2D eigenvalue weighted by Crippen LogP contribution is 2.17. The molecule has 0 aliphatic rings. The number of nitrogens with one attached hydrogen (secondary N) is 1. The second kappa shape index (κ2) is 9.48. The molecule has 0 fully saturated rings. The third-order valence-corrected chi connectivity index (χ3v) is 3.99. The Morgan fingerprint density at radius 2 is 1.72 bits per heavy atom. The topological polar surface area (TPSA) is 38.3 Å². The number of benzene rings is 2. The van der Waals surface area contributed by atoms with Crippen LogP contribution in [0.15, 0.2) is 84.6 Å². The maximum atomic E-state index is 12.5. The highest BCUT2D eigenvalue weighted by molar-refractivity contribution is 5.89. The van der Waals surface area contributed by atoms with Gasteiger partial charge >= 0.3 is 5.97 Å². The molecule has 0 saturated carbocycles. The zero-order chi connectivity index (χ0) is 18.1. The third kappa shape index (κ3) is 5.64. The van der Waals surface area contributed by atoms with Crippen LogP contribution in [0.1, 0.15) is 37.4 Å². The Labute approximate surface area is 150 Å². The fourth-order valence-corrected chi connectivity index (χ4v) is 2.58. The minimum absolute atomic E-state index is 0.0999. The summed E-state index contributed by atoms with van der Waals surface area (Å²) in [7, 11) is 0. The summed E-state index contributed by atoms with van der Waals surface area (Å²) in [6, 6.07) is 19.9. The van der Waals surface area contributed by atoms with Crippen molar-refractivity contribution in [2.24, 2.45) is 0 Å². The number of ether oxygens (including phenoxy) is 1. The zero-order valence-electron chi connectivity index (χ0n) is 14.9. The fraction of sp³-hybridized carbons (Fsp3) is 0.227. The maximum absolute atomic E-state index is 12.5. The van der Waals surface area contributed by atoms with Crippen molar-refractivity contribution in [3.8, 4) is 0 Å². The first-order valence-corrected chi connectivity index (χ1v) is 8.45. The van der Waals surface area contributed by atoms with Crippen molar-refractivity contribution in [2.45, 2.75) is 32.9 Å². The zero-order valence-corrected chi connectivity index (χ0v) is 14.9. The average Bonchev–Trinajstić information content (AvgIpc) is 2.65. The Kier molecular flexibility index (Phi) is 7.02. The summed E-state index contributed by atoms with van der Waals surface area (Å²) in [6.07, 6.45) is 2.19. The summed E-state index contributed by atoms with van der Waals surface area (Å²) >= 11 is 0. The number of carbonyl (C=O) groups excluding carboxylic acids is 1. The molecule has 130 valence electrons. The van der Waals surface area contributed by atoms with E-state index in [9.17, 15) is 4.79 Å². The van der Waals surface area contributed by atoms with Gasteiger partial charge in [0.25, 0.3) is 0 Å². The largest absolute Gasteiger partial charge is 0.457 e. The van der Waals surface area contributed by atoms with E-state index in [0.717, 1.165) is 16.8 Å². The molecule has 1 N–H and O–H groups in total. The van der Waals surface area contributed by atoms with Crippen LogP contribution in [0.4, 0.5) is 0 Å². The van der Waals surface area contributed by atoms with Gasteiger partial charge in [-0.3, -0.25) is 0 Å². The first kappa shape index (κ1) is 18.5. The first-order valence-electron chi connectivity index (χ1n) is 8.45. The lowest BCUT2D eigenvalue weighted by atomic mass is 10.1. The number of rotatable bonds is 8. The third-order valence-electron chi connectivity index (χ3n) is 3.99. The Balaban J connectivity index is 2.07. The van der Waals surface area contributed by atoms with E-state index in [2.05, 4.69) is 31.0 Å². The molecule has 0 heterocycles. The van der Waals surface area contributed by atoms with Crippen LogP contribution in [0.5, 0.6) is 0 Å². The normalized spacial score (nSPS) is 12.7. The SMILES string of the molecule is C=CCC(C(=O)OCc1ccccc1)=C(C)N[C@@H](C)c1ccccc1. The Morgan fingerprint density at radius 3 is 2.32 bits per heavy atom. The molecule has 0 amide bonds. The minimum atomic E-state index is -0.311. The molecular weight excluding hydrogens is 310 g/mol. The van der Waals surface area contributed by atoms with Gasteiger partial charge < -0.3 is 10.1 Å². The molecule has 3 heteroatoms. The van der Waals surface area contributed by atoms with Crippen molar-refractivity contribution in [1.29, 1.82) is 0 Å². The molecule has 25 heavy (non-hydrogen) atoms. The number of hydrogen-bond acceptors (Lipinski definition) is 3. The van der Waals surface area contributed by atoms with Crippen LogP contribution in [0.2, 0.25) is 0 Å². The molecule has 0 spiro atoms.